The minimum absolute atomic E-state index is 0.0190. The van der Waals surface area contributed by atoms with Crippen LogP contribution in [-0.4, -0.2) is 30.1 Å². The van der Waals surface area contributed by atoms with Gasteiger partial charge in [0.05, 0.1) is 24.4 Å². The molecule has 1 aromatic heterocycles. The molecule has 0 saturated carbocycles. The molecule has 0 radical (unpaired) electrons. The zero-order chi connectivity index (χ0) is 20.6. The zero-order valence-electron chi connectivity index (χ0n) is 16.3. The number of aryl methyl sites for hydroxylation is 1. The maximum absolute atomic E-state index is 12.1. The number of anilines is 1. The summed E-state index contributed by atoms with van der Waals surface area (Å²) in [5.41, 5.74) is 3.33. The number of hydrogen-bond acceptors (Lipinski definition) is 6. The summed E-state index contributed by atoms with van der Waals surface area (Å²) in [5, 5.41) is 5.37. The molecule has 150 valence electrons. The number of esters is 1. The Kier molecular flexibility index (Phi) is 6.97. The molecule has 29 heavy (non-hydrogen) atoms. The minimum Gasteiger partial charge on any atom is -0.492 e. The summed E-state index contributed by atoms with van der Waals surface area (Å²) in [6.07, 6.45) is 0.0190. The number of carbonyl (C=O) groups excluding carboxylic acids is 2. The molecule has 3 aromatic rings. The Balaban J connectivity index is 1.51. The van der Waals surface area contributed by atoms with Crippen LogP contribution in [0.25, 0.3) is 10.6 Å². The molecule has 7 heteroatoms. The van der Waals surface area contributed by atoms with Crippen molar-refractivity contribution in [2.75, 3.05) is 18.5 Å². The summed E-state index contributed by atoms with van der Waals surface area (Å²) in [6, 6.07) is 15.1. The van der Waals surface area contributed by atoms with Crippen molar-refractivity contribution in [3.05, 3.63) is 65.2 Å². The van der Waals surface area contributed by atoms with Crippen molar-refractivity contribution >= 4 is 28.9 Å². The van der Waals surface area contributed by atoms with Crippen LogP contribution in [0.15, 0.2) is 53.9 Å². The number of nitrogens with one attached hydrogen (secondary N) is 1. The van der Waals surface area contributed by atoms with Gasteiger partial charge in [-0.15, -0.1) is 11.3 Å². The van der Waals surface area contributed by atoms with Crippen LogP contribution < -0.4 is 10.1 Å². The van der Waals surface area contributed by atoms with E-state index >= 15 is 0 Å². The van der Waals surface area contributed by atoms with Gasteiger partial charge in [0.25, 0.3) is 5.91 Å². The molecule has 0 aliphatic carbocycles. The molecule has 2 aromatic carbocycles. The van der Waals surface area contributed by atoms with Gasteiger partial charge in [0.15, 0.2) is 6.61 Å². The monoisotopic (exact) mass is 410 g/mol. The molecule has 0 fully saturated rings. The highest BCUT2D eigenvalue weighted by atomic mass is 32.1. The number of carbonyl (C=O) groups is 2. The summed E-state index contributed by atoms with van der Waals surface area (Å²) >= 11 is 1.47. The highest BCUT2D eigenvalue weighted by Crippen LogP contribution is 2.25. The largest absolute Gasteiger partial charge is 0.492 e. The second kappa shape index (κ2) is 9.84. The van der Waals surface area contributed by atoms with E-state index in [9.17, 15) is 9.59 Å². The van der Waals surface area contributed by atoms with Gasteiger partial charge in [0.2, 0.25) is 0 Å². The second-order valence-corrected chi connectivity index (χ2v) is 7.19. The summed E-state index contributed by atoms with van der Waals surface area (Å²) in [6.45, 7) is 4.00. The Hall–Kier alpha value is -3.19. The van der Waals surface area contributed by atoms with Crippen molar-refractivity contribution in [1.82, 2.24) is 4.98 Å². The van der Waals surface area contributed by atoms with Crippen LogP contribution in [0.2, 0.25) is 0 Å². The Morgan fingerprint density at radius 1 is 1.14 bits per heavy atom. The zero-order valence-corrected chi connectivity index (χ0v) is 17.1. The quantitative estimate of drug-likeness (QED) is 0.562. The van der Waals surface area contributed by atoms with E-state index < -0.39 is 11.9 Å². The first kappa shape index (κ1) is 20.5. The van der Waals surface area contributed by atoms with Crippen molar-refractivity contribution in [2.24, 2.45) is 0 Å². The van der Waals surface area contributed by atoms with Crippen molar-refractivity contribution in [2.45, 2.75) is 20.3 Å². The third-order valence-electron chi connectivity index (χ3n) is 3.97. The van der Waals surface area contributed by atoms with Crippen LogP contribution >= 0.6 is 11.3 Å². The Morgan fingerprint density at radius 2 is 1.97 bits per heavy atom. The first-order valence-corrected chi connectivity index (χ1v) is 10.1. The van der Waals surface area contributed by atoms with Gasteiger partial charge >= 0.3 is 5.97 Å². The van der Waals surface area contributed by atoms with E-state index in [1.165, 1.54) is 11.3 Å². The van der Waals surface area contributed by atoms with Gasteiger partial charge in [0.1, 0.15) is 10.8 Å². The lowest BCUT2D eigenvalue weighted by Gasteiger charge is -2.11. The molecule has 0 spiro atoms. The minimum atomic E-state index is -0.501. The highest BCUT2D eigenvalue weighted by molar-refractivity contribution is 7.13. The van der Waals surface area contributed by atoms with E-state index in [2.05, 4.69) is 10.3 Å². The fourth-order valence-corrected chi connectivity index (χ4v) is 3.50. The molecule has 0 aliphatic heterocycles. The number of aromatic nitrogens is 1. The molecule has 3 rings (SSSR count). The number of amides is 1. The van der Waals surface area contributed by atoms with Crippen molar-refractivity contribution < 1.29 is 19.1 Å². The molecule has 0 aliphatic rings. The summed E-state index contributed by atoms with van der Waals surface area (Å²) in [7, 11) is 0. The van der Waals surface area contributed by atoms with Crippen LogP contribution in [0, 0.1) is 6.92 Å². The van der Waals surface area contributed by atoms with Gasteiger partial charge in [-0.05, 0) is 32.0 Å². The predicted molar refractivity (Wildman–Crippen MR) is 113 cm³/mol. The molecular formula is C22H22N2O4S. The fourth-order valence-electron chi connectivity index (χ4n) is 2.68. The van der Waals surface area contributed by atoms with Gasteiger partial charge in [-0.3, -0.25) is 9.59 Å². The smallest absolute Gasteiger partial charge is 0.312 e. The van der Waals surface area contributed by atoms with Gasteiger partial charge in [-0.1, -0.05) is 35.9 Å². The van der Waals surface area contributed by atoms with Gasteiger partial charge < -0.3 is 14.8 Å². The number of thiazole rings is 1. The SMILES string of the molecule is CCOc1ccccc1NC(=O)COC(=O)Cc1csc(-c2cccc(C)c2)n1. The number of para-hydroxylation sites is 2. The summed E-state index contributed by atoms with van der Waals surface area (Å²) < 4.78 is 10.5. The van der Waals surface area contributed by atoms with Crippen LogP contribution in [-0.2, 0) is 20.7 Å². The van der Waals surface area contributed by atoms with Crippen LogP contribution in [0.1, 0.15) is 18.2 Å². The second-order valence-electron chi connectivity index (χ2n) is 6.33. The molecule has 1 heterocycles. The van der Waals surface area contributed by atoms with Crippen molar-refractivity contribution in [1.29, 1.82) is 0 Å². The summed E-state index contributed by atoms with van der Waals surface area (Å²) in [5.74, 6) is -0.357. The molecule has 1 N–H and O–H groups in total. The Bertz CT molecular complexity index is 1000. The highest BCUT2D eigenvalue weighted by Gasteiger charge is 2.13. The van der Waals surface area contributed by atoms with Crippen LogP contribution in [0.3, 0.4) is 0 Å². The third kappa shape index (κ3) is 5.89. The van der Waals surface area contributed by atoms with Gasteiger partial charge in [0, 0.05) is 10.9 Å². The number of hydrogen-bond donors (Lipinski definition) is 1. The standard InChI is InChI=1S/C22H22N2O4S/c1-3-27-19-10-5-4-9-18(19)24-20(25)13-28-21(26)12-17-14-29-22(23-17)16-8-6-7-15(2)11-16/h4-11,14H,3,12-13H2,1-2H3,(H,24,25). The number of benzene rings is 2. The maximum Gasteiger partial charge on any atom is 0.312 e. The lowest BCUT2D eigenvalue weighted by molar-refractivity contribution is -0.146. The molecular weight excluding hydrogens is 388 g/mol. The van der Waals surface area contributed by atoms with E-state index in [1.807, 2.05) is 49.6 Å². The van der Waals surface area contributed by atoms with E-state index in [-0.39, 0.29) is 13.0 Å². The normalized spacial score (nSPS) is 10.4. The predicted octanol–water partition coefficient (Wildman–Crippen LogP) is 4.24. The third-order valence-corrected chi connectivity index (χ3v) is 4.91. The molecule has 0 unspecified atom stereocenters. The van der Waals surface area contributed by atoms with E-state index in [4.69, 9.17) is 9.47 Å². The fraction of sp³-hybridized carbons (Fsp3) is 0.227. The van der Waals surface area contributed by atoms with E-state index in [1.54, 1.807) is 18.2 Å². The van der Waals surface area contributed by atoms with E-state index in [0.29, 0.717) is 23.7 Å². The lowest BCUT2D eigenvalue weighted by atomic mass is 10.1. The molecule has 0 bridgehead atoms. The van der Waals surface area contributed by atoms with Crippen LogP contribution in [0.4, 0.5) is 5.69 Å². The molecule has 1 amide bonds. The number of nitrogens with zero attached hydrogens (tertiary/aromatic N) is 1. The molecule has 0 atom stereocenters. The van der Waals surface area contributed by atoms with Crippen molar-refractivity contribution in [3.8, 4) is 16.3 Å². The van der Waals surface area contributed by atoms with E-state index in [0.717, 1.165) is 16.1 Å². The van der Waals surface area contributed by atoms with Gasteiger partial charge in [-0.2, -0.15) is 0 Å². The number of ether oxygens (including phenoxy) is 2. The lowest BCUT2D eigenvalue weighted by Crippen LogP contribution is -2.22. The Labute approximate surface area is 173 Å². The average molecular weight is 410 g/mol. The molecule has 0 saturated heterocycles. The first-order chi connectivity index (χ1) is 14.0. The first-order valence-electron chi connectivity index (χ1n) is 9.24. The molecule has 6 nitrogen and oxygen atoms in total. The van der Waals surface area contributed by atoms with Crippen LogP contribution in [0.5, 0.6) is 5.75 Å². The van der Waals surface area contributed by atoms with Crippen molar-refractivity contribution in [3.63, 3.8) is 0 Å². The topological polar surface area (TPSA) is 77.5 Å². The number of rotatable bonds is 8. The average Bonchev–Trinajstić information content (AvgIpc) is 3.17. The maximum atomic E-state index is 12.1. The van der Waals surface area contributed by atoms with Gasteiger partial charge in [-0.25, -0.2) is 4.98 Å². The summed E-state index contributed by atoms with van der Waals surface area (Å²) in [4.78, 5) is 28.7. The Morgan fingerprint density at radius 3 is 2.76 bits per heavy atom.